The smallest absolute Gasteiger partial charge is 0.0361 e. The Morgan fingerprint density at radius 1 is 1.30 bits per heavy atom. The lowest BCUT2D eigenvalue weighted by molar-refractivity contribution is 0.726. The molecule has 0 spiro atoms. The molecular formula is C9H15N. The number of hydrogen-bond acceptors (Lipinski definition) is 1. The Bertz CT molecular complexity index is 199. The second-order valence-electron chi connectivity index (χ2n) is 3.22. The molecule has 0 saturated carbocycles. The van der Waals surface area contributed by atoms with Gasteiger partial charge in [0.05, 0.1) is 0 Å². The predicted octanol–water partition coefficient (Wildman–Crippen LogP) is 2.78. The largest absolute Gasteiger partial charge is 0.263 e. The summed E-state index contributed by atoms with van der Waals surface area (Å²) in [5, 5.41) is 0. The third-order valence-electron chi connectivity index (χ3n) is 2.29. The lowest BCUT2D eigenvalue weighted by Gasteiger charge is -2.18. The maximum Gasteiger partial charge on any atom is 0.0361 e. The van der Waals surface area contributed by atoms with Gasteiger partial charge in [0.2, 0.25) is 0 Å². The summed E-state index contributed by atoms with van der Waals surface area (Å²) in [5.41, 5.74) is 3.94. The second kappa shape index (κ2) is 2.57. The molecule has 56 valence electrons. The summed E-state index contributed by atoms with van der Waals surface area (Å²) in [7, 11) is 0. The second-order valence-corrected chi connectivity index (χ2v) is 3.22. The van der Waals surface area contributed by atoms with Crippen LogP contribution in [-0.4, -0.2) is 5.71 Å². The van der Waals surface area contributed by atoms with Gasteiger partial charge >= 0.3 is 0 Å². The van der Waals surface area contributed by atoms with E-state index in [4.69, 9.17) is 0 Å². The minimum Gasteiger partial charge on any atom is -0.263 e. The molecule has 1 atom stereocenters. The van der Waals surface area contributed by atoms with Crippen LogP contribution in [0, 0.1) is 5.92 Å². The molecule has 1 nitrogen and oxygen atoms in total. The minimum atomic E-state index is 0.656. The average molecular weight is 137 g/mol. The average Bonchev–Trinajstić information content (AvgIpc) is 1.84. The normalized spacial score (nSPS) is 26.8. The van der Waals surface area contributed by atoms with Crippen LogP contribution in [0.2, 0.25) is 0 Å². The predicted molar refractivity (Wildman–Crippen MR) is 45.3 cm³/mol. The van der Waals surface area contributed by atoms with Crippen molar-refractivity contribution in [1.82, 2.24) is 0 Å². The Morgan fingerprint density at radius 3 is 2.40 bits per heavy atom. The van der Waals surface area contributed by atoms with E-state index in [1.807, 2.05) is 0 Å². The van der Waals surface area contributed by atoms with Gasteiger partial charge in [-0.15, -0.1) is 0 Å². The van der Waals surface area contributed by atoms with Gasteiger partial charge in [-0.2, -0.15) is 0 Å². The first-order chi connectivity index (χ1) is 4.61. The zero-order chi connectivity index (χ0) is 7.72. The van der Waals surface area contributed by atoms with Crippen molar-refractivity contribution in [2.24, 2.45) is 10.9 Å². The first-order valence-electron chi connectivity index (χ1n) is 3.83. The highest BCUT2D eigenvalue weighted by atomic mass is 14.8. The van der Waals surface area contributed by atoms with Crippen molar-refractivity contribution in [2.75, 3.05) is 0 Å². The van der Waals surface area contributed by atoms with E-state index in [-0.39, 0.29) is 0 Å². The van der Waals surface area contributed by atoms with E-state index in [1.165, 1.54) is 23.4 Å². The van der Waals surface area contributed by atoms with E-state index >= 15 is 0 Å². The maximum absolute atomic E-state index is 4.44. The van der Waals surface area contributed by atoms with Crippen LogP contribution in [0.1, 0.15) is 34.1 Å². The summed E-state index contributed by atoms with van der Waals surface area (Å²) in [5.74, 6) is 0.656. The van der Waals surface area contributed by atoms with Crippen LogP contribution in [0.3, 0.4) is 0 Å². The molecule has 1 aliphatic heterocycles. The topological polar surface area (TPSA) is 12.4 Å². The van der Waals surface area contributed by atoms with Crippen molar-refractivity contribution in [3.8, 4) is 0 Å². The van der Waals surface area contributed by atoms with Crippen molar-refractivity contribution < 1.29 is 0 Å². The molecule has 0 fully saturated rings. The van der Waals surface area contributed by atoms with Crippen LogP contribution in [-0.2, 0) is 0 Å². The molecule has 1 rings (SSSR count). The zero-order valence-corrected chi connectivity index (χ0v) is 7.23. The van der Waals surface area contributed by atoms with Gasteiger partial charge in [0.1, 0.15) is 0 Å². The first kappa shape index (κ1) is 7.52. The Kier molecular flexibility index (Phi) is 1.93. The molecule has 0 saturated heterocycles. The molecule has 1 heteroatoms. The SMILES string of the molecule is CC1=NC(C)=C(C)CC1C. The standard InChI is InChI=1S/C9H15N/c1-6-5-7(2)9(4)10-8(6)3/h6H,5H2,1-4H3. The third-order valence-corrected chi connectivity index (χ3v) is 2.29. The maximum atomic E-state index is 4.44. The molecule has 1 aliphatic rings. The Morgan fingerprint density at radius 2 is 1.90 bits per heavy atom. The van der Waals surface area contributed by atoms with Gasteiger partial charge in [-0.25, -0.2) is 0 Å². The molecule has 0 radical (unpaired) electrons. The number of rotatable bonds is 0. The van der Waals surface area contributed by atoms with Gasteiger partial charge in [0.25, 0.3) is 0 Å². The quantitative estimate of drug-likeness (QED) is 0.487. The van der Waals surface area contributed by atoms with Gasteiger partial charge in [-0.3, -0.25) is 4.99 Å². The van der Waals surface area contributed by atoms with Gasteiger partial charge in [-0.1, -0.05) is 12.5 Å². The number of allylic oxidation sites excluding steroid dienone is 2. The zero-order valence-electron chi connectivity index (χ0n) is 7.23. The lowest BCUT2D eigenvalue weighted by Crippen LogP contribution is -2.12. The van der Waals surface area contributed by atoms with E-state index in [9.17, 15) is 0 Å². The van der Waals surface area contributed by atoms with Crippen molar-refractivity contribution in [1.29, 1.82) is 0 Å². The molecule has 0 bridgehead atoms. The molecule has 0 aromatic carbocycles. The van der Waals surface area contributed by atoms with Crippen molar-refractivity contribution in [3.05, 3.63) is 11.3 Å². The van der Waals surface area contributed by atoms with Crippen LogP contribution >= 0.6 is 0 Å². The van der Waals surface area contributed by atoms with Gasteiger partial charge in [0, 0.05) is 11.4 Å². The highest BCUT2D eigenvalue weighted by Gasteiger charge is 2.12. The Balaban J connectivity index is 2.88. The summed E-state index contributed by atoms with van der Waals surface area (Å²) < 4.78 is 0. The van der Waals surface area contributed by atoms with E-state index in [1.54, 1.807) is 0 Å². The fourth-order valence-electron chi connectivity index (χ4n) is 1.22. The van der Waals surface area contributed by atoms with Crippen LogP contribution in [0.4, 0.5) is 0 Å². The van der Waals surface area contributed by atoms with E-state index < -0.39 is 0 Å². The molecular weight excluding hydrogens is 122 g/mol. The molecule has 1 heterocycles. The van der Waals surface area contributed by atoms with Crippen molar-refractivity contribution in [2.45, 2.75) is 34.1 Å². The van der Waals surface area contributed by atoms with Gasteiger partial charge in [-0.05, 0) is 33.1 Å². The van der Waals surface area contributed by atoms with Crippen molar-refractivity contribution >= 4 is 5.71 Å². The molecule has 0 aromatic rings. The highest BCUT2D eigenvalue weighted by molar-refractivity contribution is 5.86. The molecule has 10 heavy (non-hydrogen) atoms. The summed E-state index contributed by atoms with van der Waals surface area (Å²) in [4.78, 5) is 4.44. The van der Waals surface area contributed by atoms with Crippen LogP contribution < -0.4 is 0 Å². The summed E-state index contributed by atoms with van der Waals surface area (Å²) in [6, 6.07) is 0. The van der Waals surface area contributed by atoms with Gasteiger partial charge in [0.15, 0.2) is 0 Å². The molecule has 1 unspecified atom stereocenters. The first-order valence-corrected chi connectivity index (χ1v) is 3.83. The molecule has 0 N–H and O–H groups in total. The van der Waals surface area contributed by atoms with Crippen LogP contribution in [0.15, 0.2) is 16.3 Å². The summed E-state index contributed by atoms with van der Waals surface area (Å²) in [6.07, 6.45) is 1.20. The fourth-order valence-corrected chi connectivity index (χ4v) is 1.22. The molecule has 0 amide bonds. The minimum absolute atomic E-state index is 0.656. The van der Waals surface area contributed by atoms with Crippen LogP contribution in [0.5, 0.6) is 0 Å². The monoisotopic (exact) mass is 137 g/mol. The summed E-state index contributed by atoms with van der Waals surface area (Å²) >= 11 is 0. The van der Waals surface area contributed by atoms with Gasteiger partial charge < -0.3 is 0 Å². The number of hydrogen-bond donors (Lipinski definition) is 0. The highest BCUT2D eigenvalue weighted by Crippen LogP contribution is 2.22. The fraction of sp³-hybridized carbons (Fsp3) is 0.667. The molecule has 0 aromatic heterocycles. The number of nitrogens with zero attached hydrogens (tertiary/aromatic N) is 1. The Hall–Kier alpha value is -0.590. The van der Waals surface area contributed by atoms with E-state index in [2.05, 4.69) is 32.7 Å². The molecule has 0 aliphatic carbocycles. The lowest BCUT2D eigenvalue weighted by atomic mass is 9.94. The van der Waals surface area contributed by atoms with Crippen molar-refractivity contribution in [3.63, 3.8) is 0 Å². The van der Waals surface area contributed by atoms with E-state index in [0.717, 1.165) is 0 Å². The Labute approximate surface area is 62.9 Å². The van der Waals surface area contributed by atoms with Crippen LogP contribution in [0.25, 0.3) is 0 Å². The number of aliphatic imine (C=N–C) groups is 1. The third kappa shape index (κ3) is 1.28. The summed E-state index contributed by atoms with van der Waals surface area (Å²) in [6.45, 7) is 8.60. The van der Waals surface area contributed by atoms with E-state index in [0.29, 0.717) is 5.92 Å².